The summed E-state index contributed by atoms with van der Waals surface area (Å²) in [6, 6.07) is 1.44. The zero-order valence-corrected chi connectivity index (χ0v) is 8.27. The fourth-order valence-electron chi connectivity index (χ4n) is 1.06. The second-order valence-electron chi connectivity index (χ2n) is 2.80. The van der Waals surface area contributed by atoms with E-state index in [1.54, 1.807) is 6.92 Å². The summed E-state index contributed by atoms with van der Waals surface area (Å²) in [6.07, 6.45) is 0. The molecule has 0 bridgehead atoms. The van der Waals surface area contributed by atoms with Gasteiger partial charge in [0.05, 0.1) is 17.1 Å². The number of phenolic OH excluding ortho intramolecular Hbond substituents is 1. The third kappa shape index (κ3) is 2.25. The number of phenols is 1. The normalized spacial score (nSPS) is 9.88. The summed E-state index contributed by atoms with van der Waals surface area (Å²) in [6.45, 7) is 1.61. The molecular formula is C9H8FNO5. The quantitative estimate of drug-likeness (QED) is 0.483. The largest absolute Gasteiger partial charge is 0.500 e. The van der Waals surface area contributed by atoms with Crippen LogP contribution in [0.1, 0.15) is 17.3 Å². The molecular weight excluding hydrogens is 221 g/mol. The Kier molecular flexibility index (Phi) is 3.39. The summed E-state index contributed by atoms with van der Waals surface area (Å²) >= 11 is 0. The minimum atomic E-state index is -1.24. The van der Waals surface area contributed by atoms with E-state index in [9.17, 15) is 19.3 Å². The number of benzene rings is 1. The van der Waals surface area contributed by atoms with Crippen molar-refractivity contribution in [2.24, 2.45) is 0 Å². The van der Waals surface area contributed by atoms with Gasteiger partial charge in [0.1, 0.15) is 0 Å². The predicted molar refractivity (Wildman–Crippen MR) is 50.7 cm³/mol. The van der Waals surface area contributed by atoms with Crippen LogP contribution in [-0.2, 0) is 4.74 Å². The highest BCUT2D eigenvalue weighted by Crippen LogP contribution is 2.30. The van der Waals surface area contributed by atoms with Crippen LogP contribution in [0.5, 0.6) is 5.75 Å². The number of halogens is 1. The van der Waals surface area contributed by atoms with Crippen molar-refractivity contribution in [3.05, 3.63) is 33.6 Å². The van der Waals surface area contributed by atoms with Gasteiger partial charge in [-0.15, -0.1) is 0 Å². The molecule has 0 amide bonds. The molecule has 0 aliphatic heterocycles. The molecule has 0 aromatic heterocycles. The van der Waals surface area contributed by atoms with Gasteiger partial charge in [-0.05, 0) is 13.0 Å². The van der Waals surface area contributed by atoms with Gasteiger partial charge in [-0.3, -0.25) is 10.1 Å². The van der Waals surface area contributed by atoms with E-state index in [0.717, 1.165) is 6.07 Å². The second kappa shape index (κ2) is 4.56. The second-order valence-corrected chi connectivity index (χ2v) is 2.80. The minimum Gasteiger partial charge on any atom is -0.500 e. The molecule has 16 heavy (non-hydrogen) atoms. The van der Waals surface area contributed by atoms with Gasteiger partial charge in [-0.1, -0.05) is 0 Å². The Morgan fingerprint density at radius 3 is 2.75 bits per heavy atom. The van der Waals surface area contributed by atoms with Crippen LogP contribution in [0.3, 0.4) is 0 Å². The van der Waals surface area contributed by atoms with Crippen molar-refractivity contribution in [2.75, 3.05) is 6.61 Å². The average molecular weight is 229 g/mol. The summed E-state index contributed by atoms with van der Waals surface area (Å²) in [7, 11) is 0. The van der Waals surface area contributed by atoms with E-state index in [4.69, 9.17) is 5.11 Å². The zero-order valence-electron chi connectivity index (χ0n) is 8.27. The van der Waals surface area contributed by atoms with Crippen molar-refractivity contribution < 1.29 is 24.0 Å². The van der Waals surface area contributed by atoms with Gasteiger partial charge >= 0.3 is 11.7 Å². The van der Waals surface area contributed by atoms with Gasteiger partial charge in [-0.25, -0.2) is 9.18 Å². The van der Waals surface area contributed by atoms with Crippen LogP contribution in [0.2, 0.25) is 0 Å². The fraction of sp³-hybridized carbons (Fsp3) is 0.222. The number of nitro benzene ring substituents is 1. The Labute approximate surface area is 89.4 Å². The van der Waals surface area contributed by atoms with E-state index in [0.29, 0.717) is 6.07 Å². The van der Waals surface area contributed by atoms with Gasteiger partial charge in [0.15, 0.2) is 5.82 Å². The first-order chi connectivity index (χ1) is 7.47. The smallest absolute Gasteiger partial charge is 0.338 e. The third-order valence-corrected chi connectivity index (χ3v) is 1.75. The molecule has 0 heterocycles. The SMILES string of the molecule is CCOC(=O)c1cc(F)c(O)c([N+](=O)[O-])c1. The highest BCUT2D eigenvalue weighted by molar-refractivity contribution is 5.90. The maximum absolute atomic E-state index is 13.0. The lowest BCUT2D eigenvalue weighted by atomic mass is 10.2. The predicted octanol–water partition coefficient (Wildman–Crippen LogP) is 1.62. The van der Waals surface area contributed by atoms with E-state index in [1.165, 1.54) is 0 Å². The number of nitro groups is 1. The van der Waals surface area contributed by atoms with E-state index in [2.05, 4.69) is 4.74 Å². The molecule has 6 nitrogen and oxygen atoms in total. The number of ether oxygens (including phenoxy) is 1. The van der Waals surface area contributed by atoms with E-state index >= 15 is 0 Å². The van der Waals surface area contributed by atoms with Gasteiger partial charge in [0.25, 0.3) is 0 Å². The van der Waals surface area contributed by atoms with Crippen molar-refractivity contribution in [3.63, 3.8) is 0 Å². The number of nitrogens with zero attached hydrogens (tertiary/aromatic N) is 1. The first-order valence-electron chi connectivity index (χ1n) is 4.31. The molecule has 86 valence electrons. The van der Waals surface area contributed by atoms with Crippen LogP contribution in [0.15, 0.2) is 12.1 Å². The number of rotatable bonds is 3. The fourth-order valence-corrected chi connectivity index (χ4v) is 1.06. The van der Waals surface area contributed by atoms with Crippen molar-refractivity contribution in [3.8, 4) is 5.75 Å². The molecule has 0 saturated heterocycles. The lowest BCUT2D eigenvalue weighted by Crippen LogP contribution is -2.06. The van der Waals surface area contributed by atoms with Crippen LogP contribution in [0.4, 0.5) is 10.1 Å². The van der Waals surface area contributed by atoms with Crippen molar-refractivity contribution in [1.82, 2.24) is 0 Å². The van der Waals surface area contributed by atoms with Crippen LogP contribution in [0, 0.1) is 15.9 Å². The van der Waals surface area contributed by atoms with E-state index in [1.807, 2.05) is 0 Å². The first-order valence-corrected chi connectivity index (χ1v) is 4.31. The molecule has 1 rings (SSSR count). The Balaban J connectivity index is 3.24. The summed E-state index contributed by atoms with van der Waals surface area (Å²) < 4.78 is 17.6. The van der Waals surface area contributed by atoms with Crippen LogP contribution >= 0.6 is 0 Å². The van der Waals surface area contributed by atoms with E-state index in [-0.39, 0.29) is 12.2 Å². The maximum atomic E-state index is 13.0. The Bertz CT molecular complexity index is 446. The van der Waals surface area contributed by atoms with Crippen molar-refractivity contribution in [1.29, 1.82) is 0 Å². The molecule has 1 aromatic rings. The monoisotopic (exact) mass is 229 g/mol. The number of esters is 1. The molecule has 0 radical (unpaired) electrons. The van der Waals surface area contributed by atoms with Gasteiger partial charge in [0.2, 0.25) is 5.75 Å². The highest BCUT2D eigenvalue weighted by Gasteiger charge is 2.22. The van der Waals surface area contributed by atoms with Crippen molar-refractivity contribution >= 4 is 11.7 Å². The van der Waals surface area contributed by atoms with Gasteiger partial charge in [-0.2, -0.15) is 0 Å². The summed E-state index contributed by atoms with van der Waals surface area (Å²) in [5.74, 6) is -3.22. The molecule has 0 unspecified atom stereocenters. The molecule has 0 spiro atoms. The average Bonchev–Trinajstić information content (AvgIpc) is 2.21. The molecule has 0 saturated carbocycles. The minimum absolute atomic E-state index is 0.0646. The third-order valence-electron chi connectivity index (χ3n) is 1.75. The van der Waals surface area contributed by atoms with Crippen LogP contribution < -0.4 is 0 Å². The summed E-state index contributed by atoms with van der Waals surface area (Å²) in [5.41, 5.74) is -1.19. The number of hydrogen-bond acceptors (Lipinski definition) is 5. The molecule has 0 aliphatic carbocycles. The van der Waals surface area contributed by atoms with E-state index < -0.39 is 28.1 Å². The molecule has 0 aliphatic rings. The van der Waals surface area contributed by atoms with Gasteiger partial charge < -0.3 is 9.84 Å². The molecule has 1 N–H and O–H groups in total. The summed E-state index contributed by atoms with van der Waals surface area (Å²) in [5, 5.41) is 19.5. The topological polar surface area (TPSA) is 89.7 Å². The molecule has 7 heteroatoms. The van der Waals surface area contributed by atoms with Crippen LogP contribution in [0.25, 0.3) is 0 Å². The zero-order chi connectivity index (χ0) is 12.3. The standard InChI is InChI=1S/C9H8FNO5/c1-2-16-9(13)5-3-6(10)8(12)7(4-5)11(14)15/h3-4,12H,2H2,1H3. The number of carbonyl (C=O) groups is 1. The molecule has 1 aromatic carbocycles. The Hall–Kier alpha value is -2.18. The maximum Gasteiger partial charge on any atom is 0.338 e. The molecule has 0 fully saturated rings. The highest BCUT2D eigenvalue weighted by atomic mass is 19.1. The number of hydrogen-bond donors (Lipinski definition) is 1. The molecule has 0 atom stereocenters. The lowest BCUT2D eigenvalue weighted by molar-refractivity contribution is -0.386. The number of aromatic hydroxyl groups is 1. The van der Waals surface area contributed by atoms with Crippen molar-refractivity contribution in [2.45, 2.75) is 6.92 Å². The Morgan fingerprint density at radius 1 is 1.62 bits per heavy atom. The Morgan fingerprint density at radius 2 is 2.25 bits per heavy atom. The summed E-state index contributed by atoms with van der Waals surface area (Å²) in [4.78, 5) is 20.6. The number of carbonyl (C=O) groups excluding carboxylic acids is 1. The van der Waals surface area contributed by atoms with Gasteiger partial charge in [0, 0.05) is 6.07 Å². The lowest BCUT2D eigenvalue weighted by Gasteiger charge is -2.03. The van der Waals surface area contributed by atoms with Crippen LogP contribution in [-0.4, -0.2) is 22.6 Å². The first kappa shape index (κ1) is 11.9.